The van der Waals surface area contributed by atoms with Crippen molar-refractivity contribution in [2.45, 2.75) is 19.9 Å². The molecule has 1 aromatic carbocycles. The number of nitrogen functional groups attached to an aromatic ring is 1. The number of likely N-dealkylation sites (N-methyl/N-ethyl adjacent to an activating group) is 1. The van der Waals surface area contributed by atoms with Gasteiger partial charge in [-0.15, -0.1) is 0 Å². The molecule has 0 atom stereocenters. The molecule has 1 heterocycles. The summed E-state index contributed by atoms with van der Waals surface area (Å²) in [5, 5.41) is 0. The van der Waals surface area contributed by atoms with Crippen LogP contribution < -0.4 is 11.2 Å². The smallest absolute Gasteiger partial charge is 0.139 e. The third-order valence-electron chi connectivity index (χ3n) is 3.21. The first-order chi connectivity index (χ1) is 6.72. The minimum Gasteiger partial charge on any atom is -0.398 e. The fourth-order valence-electron chi connectivity index (χ4n) is 2.21. The van der Waals surface area contributed by atoms with E-state index in [9.17, 15) is 0 Å². The summed E-state index contributed by atoms with van der Waals surface area (Å²) in [7, 11) is 2.18. The van der Waals surface area contributed by atoms with Crippen molar-refractivity contribution in [3.05, 3.63) is 23.3 Å². The molecule has 1 aliphatic heterocycles. The molecule has 0 saturated carbocycles. The summed E-state index contributed by atoms with van der Waals surface area (Å²) in [5.41, 5.74) is 11.2. The fourth-order valence-corrected chi connectivity index (χ4v) is 2.21. The molecule has 1 aromatic rings. The summed E-state index contributed by atoms with van der Waals surface area (Å²) in [6.07, 6.45) is 1.15. The van der Waals surface area contributed by atoms with E-state index in [1.807, 2.05) is 6.07 Å². The van der Waals surface area contributed by atoms with E-state index in [1.54, 1.807) is 0 Å². The highest BCUT2D eigenvalue weighted by Crippen LogP contribution is 2.22. The van der Waals surface area contributed by atoms with E-state index in [4.69, 9.17) is 5.73 Å². The second-order valence-electron chi connectivity index (χ2n) is 4.05. The summed E-state index contributed by atoms with van der Waals surface area (Å²) >= 11 is 0. The summed E-state index contributed by atoms with van der Waals surface area (Å²) in [6.45, 7) is 5.52. The second-order valence-corrected chi connectivity index (χ2v) is 4.05. The predicted molar refractivity (Wildman–Crippen MR) is 63.7 cm³/mol. The van der Waals surface area contributed by atoms with Gasteiger partial charge in [-0.25, -0.2) is 0 Å². The average molecular weight is 188 g/mol. The number of nitrogens with two attached hydrogens (primary N) is 1. The Balaban J connectivity index is 2.40. The zero-order valence-electron chi connectivity index (χ0n) is 9.01. The van der Waals surface area contributed by atoms with Crippen LogP contribution in [0.1, 0.15) is 18.1 Å². The molecule has 0 spiro atoms. The van der Waals surface area contributed by atoms with Crippen LogP contribution >= 0.6 is 0 Å². The molecular weight excluding hydrogens is 171 g/mol. The number of benzene rings is 1. The van der Waals surface area contributed by atoms with Crippen LogP contribution in [0.15, 0.2) is 12.1 Å². The van der Waals surface area contributed by atoms with Gasteiger partial charge in [-0.2, -0.15) is 0 Å². The summed E-state index contributed by atoms with van der Waals surface area (Å²) in [6, 6.07) is 4.17. The highest BCUT2D eigenvalue weighted by molar-refractivity contribution is 6.33. The maximum absolute atomic E-state index is 6.00. The first-order valence-corrected chi connectivity index (χ1v) is 5.31. The molecule has 0 radical (unpaired) electrons. The maximum Gasteiger partial charge on any atom is 0.139 e. The summed E-state index contributed by atoms with van der Waals surface area (Å²) in [4.78, 5) is 2.44. The second kappa shape index (κ2) is 3.66. The summed E-state index contributed by atoms with van der Waals surface area (Å²) in [5.74, 6) is 0. The number of nitrogens with zero attached hydrogens (tertiary/aromatic N) is 1. The van der Waals surface area contributed by atoms with Crippen molar-refractivity contribution in [1.29, 1.82) is 0 Å². The predicted octanol–water partition coefficient (Wildman–Crippen LogP) is -0.0948. The standard InChI is InChI=1S/C11H17BN2/c1-2-14-6-5-8-9(7-14)11(13)4-3-10(8)12/h3-4H,2,5-7,12-13H2,1H3. The molecule has 1 aliphatic rings. The topological polar surface area (TPSA) is 29.3 Å². The number of fused-ring (bicyclic) bond motifs is 1. The molecule has 0 saturated heterocycles. The fraction of sp³-hybridized carbons (Fsp3) is 0.455. The van der Waals surface area contributed by atoms with Gasteiger partial charge in [-0.05, 0) is 30.2 Å². The van der Waals surface area contributed by atoms with Crippen molar-refractivity contribution in [1.82, 2.24) is 4.90 Å². The Morgan fingerprint density at radius 2 is 2.21 bits per heavy atom. The molecule has 2 nitrogen and oxygen atoms in total. The monoisotopic (exact) mass is 188 g/mol. The molecule has 2 N–H and O–H groups in total. The van der Waals surface area contributed by atoms with Gasteiger partial charge in [0, 0.05) is 18.8 Å². The summed E-state index contributed by atoms with van der Waals surface area (Å²) < 4.78 is 0. The van der Waals surface area contributed by atoms with Gasteiger partial charge in [0.2, 0.25) is 0 Å². The Kier molecular flexibility index (Phi) is 2.51. The van der Waals surface area contributed by atoms with E-state index in [0.717, 1.165) is 25.2 Å². The van der Waals surface area contributed by atoms with Crippen LogP contribution in [0.25, 0.3) is 0 Å². The van der Waals surface area contributed by atoms with Crippen molar-refractivity contribution in [2.24, 2.45) is 0 Å². The number of rotatable bonds is 1. The normalized spacial score (nSPS) is 16.6. The van der Waals surface area contributed by atoms with Crippen LogP contribution in [0.2, 0.25) is 0 Å². The van der Waals surface area contributed by atoms with Gasteiger partial charge in [-0.1, -0.05) is 18.5 Å². The van der Waals surface area contributed by atoms with Crippen LogP contribution in [0.5, 0.6) is 0 Å². The van der Waals surface area contributed by atoms with Gasteiger partial charge >= 0.3 is 0 Å². The van der Waals surface area contributed by atoms with E-state index in [1.165, 1.54) is 23.1 Å². The van der Waals surface area contributed by atoms with Gasteiger partial charge in [0.1, 0.15) is 7.85 Å². The van der Waals surface area contributed by atoms with Crippen LogP contribution in [0, 0.1) is 0 Å². The van der Waals surface area contributed by atoms with Gasteiger partial charge in [0.05, 0.1) is 0 Å². The average Bonchev–Trinajstić information content (AvgIpc) is 2.23. The minimum absolute atomic E-state index is 0.962. The molecule has 0 unspecified atom stereocenters. The minimum atomic E-state index is 0.962. The highest BCUT2D eigenvalue weighted by atomic mass is 15.1. The third kappa shape index (κ3) is 1.52. The zero-order valence-corrected chi connectivity index (χ0v) is 9.01. The molecule has 0 aliphatic carbocycles. The molecule has 0 fully saturated rings. The Morgan fingerprint density at radius 1 is 1.43 bits per heavy atom. The molecule has 74 valence electrons. The maximum atomic E-state index is 6.00. The van der Waals surface area contributed by atoms with E-state index in [2.05, 4.69) is 25.7 Å². The molecule has 0 bridgehead atoms. The van der Waals surface area contributed by atoms with Crippen LogP contribution in [-0.2, 0) is 13.0 Å². The van der Waals surface area contributed by atoms with E-state index < -0.39 is 0 Å². The lowest BCUT2D eigenvalue weighted by molar-refractivity contribution is 0.269. The molecule has 0 amide bonds. The quantitative estimate of drug-likeness (QED) is 0.492. The van der Waals surface area contributed by atoms with Crippen LogP contribution in [-0.4, -0.2) is 25.8 Å². The first kappa shape index (κ1) is 9.59. The number of anilines is 1. The van der Waals surface area contributed by atoms with Crippen molar-refractivity contribution < 1.29 is 0 Å². The van der Waals surface area contributed by atoms with E-state index in [0.29, 0.717) is 0 Å². The Labute approximate surface area is 86.5 Å². The van der Waals surface area contributed by atoms with Gasteiger partial charge in [-0.3, -0.25) is 4.90 Å². The van der Waals surface area contributed by atoms with Gasteiger partial charge in [0.15, 0.2) is 0 Å². The van der Waals surface area contributed by atoms with Gasteiger partial charge in [0.25, 0.3) is 0 Å². The van der Waals surface area contributed by atoms with Crippen molar-refractivity contribution >= 4 is 19.0 Å². The lowest BCUT2D eigenvalue weighted by Gasteiger charge is -2.29. The molecule has 0 aromatic heterocycles. The lowest BCUT2D eigenvalue weighted by Crippen LogP contribution is -2.34. The Bertz CT molecular complexity index is 349. The third-order valence-corrected chi connectivity index (χ3v) is 3.21. The molecule has 3 heteroatoms. The number of hydrogen-bond acceptors (Lipinski definition) is 2. The lowest BCUT2D eigenvalue weighted by atomic mass is 9.83. The molecule has 14 heavy (non-hydrogen) atoms. The molecular formula is C11H17BN2. The van der Waals surface area contributed by atoms with Crippen molar-refractivity contribution in [2.75, 3.05) is 18.8 Å². The molecule has 2 rings (SSSR count). The Hall–Kier alpha value is -0.955. The SMILES string of the molecule is Bc1ccc(N)c2c1CCN(CC)C2. The number of hydrogen-bond donors (Lipinski definition) is 1. The van der Waals surface area contributed by atoms with Crippen LogP contribution in [0.3, 0.4) is 0 Å². The van der Waals surface area contributed by atoms with Crippen LogP contribution in [0.4, 0.5) is 5.69 Å². The van der Waals surface area contributed by atoms with E-state index in [-0.39, 0.29) is 0 Å². The van der Waals surface area contributed by atoms with E-state index >= 15 is 0 Å². The van der Waals surface area contributed by atoms with Gasteiger partial charge < -0.3 is 5.73 Å². The van der Waals surface area contributed by atoms with Crippen molar-refractivity contribution in [3.63, 3.8) is 0 Å². The Morgan fingerprint density at radius 3 is 2.93 bits per heavy atom. The zero-order chi connectivity index (χ0) is 10.1. The first-order valence-electron chi connectivity index (χ1n) is 5.31. The largest absolute Gasteiger partial charge is 0.398 e. The van der Waals surface area contributed by atoms with Crippen molar-refractivity contribution in [3.8, 4) is 0 Å². The highest BCUT2D eigenvalue weighted by Gasteiger charge is 2.17.